The van der Waals surface area contributed by atoms with Crippen LogP contribution in [0.2, 0.25) is 0 Å². The SMILES string of the molecule is CC1CCC(NS(=O)(=O)CC(=O)N2CCC(C(=O)O)C2)CC1.Cl. The number of hydrogen-bond donors (Lipinski definition) is 2. The molecule has 0 radical (unpaired) electrons. The van der Waals surface area contributed by atoms with E-state index in [1.54, 1.807) is 0 Å². The van der Waals surface area contributed by atoms with E-state index in [-0.39, 0.29) is 25.0 Å². The molecule has 2 N–H and O–H groups in total. The van der Waals surface area contributed by atoms with Gasteiger partial charge in [-0.15, -0.1) is 12.4 Å². The first-order valence-corrected chi connectivity index (χ1v) is 9.42. The molecule has 0 aromatic carbocycles. The summed E-state index contributed by atoms with van der Waals surface area (Å²) in [5.74, 6) is -2.00. The molecule has 23 heavy (non-hydrogen) atoms. The lowest BCUT2D eigenvalue weighted by atomic mass is 9.88. The predicted octanol–water partition coefficient (Wildman–Crippen LogP) is 0.839. The van der Waals surface area contributed by atoms with Gasteiger partial charge in [-0.25, -0.2) is 13.1 Å². The van der Waals surface area contributed by atoms with Gasteiger partial charge in [0.25, 0.3) is 0 Å². The largest absolute Gasteiger partial charge is 0.481 e. The van der Waals surface area contributed by atoms with Gasteiger partial charge in [0.05, 0.1) is 5.92 Å². The molecule has 0 aromatic rings. The Bertz CT molecular complexity index is 531. The third-order valence-electron chi connectivity index (χ3n) is 4.57. The van der Waals surface area contributed by atoms with Gasteiger partial charge < -0.3 is 10.0 Å². The Hall–Kier alpha value is -0.860. The summed E-state index contributed by atoms with van der Waals surface area (Å²) in [6, 6.07) is -0.0839. The van der Waals surface area contributed by atoms with Crippen molar-refractivity contribution >= 4 is 34.3 Å². The molecule has 0 spiro atoms. The van der Waals surface area contributed by atoms with Crippen LogP contribution in [0.25, 0.3) is 0 Å². The van der Waals surface area contributed by atoms with Crippen molar-refractivity contribution in [2.45, 2.75) is 45.1 Å². The molecule has 1 aliphatic carbocycles. The second-order valence-electron chi connectivity index (χ2n) is 6.50. The van der Waals surface area contributed by atoms with E-state index >= 15 is 0 Å². The van der Waals surface area contributed by atoms with Crippen LogP contribution in [0.3, 0.4) is 0 Å². The summed E-state index contributed by atoms with van der Waals surface area (Å²) in [5.41, 5.74) is 0. The van der Waals surface area contributed by atoms with E-state index in [9.17, 15) is 18.0 Å². The van der Waals surface area contributed by atoms with Gasteiger partial charge in [0, 0.05) is 19.1 Å². The maximum Gasteiger partial charge on any atom is 0.308 e. The third-order valence-corrected chi connectivity index (χ3v) is 5.89. The minimum atomic E-state index is -3.66. The zero-order valence-corrected chi connectivity index (χ0v) is 14.9. The van der Waals surface area contributed by atoms with Crippen molar-refractivity contribution in [3.63, 3.8) is 0 Å². The minimum Gasteiger partial charge on any atom is -0.481 e. The van der Waals surface area contributed by atoms with E-state index in [1.165, 1.54) is 4.90 Å². The number of likely N-dealkylation sites (tertiary alicyclic amines) is 1. The van der Waals surface area contributed by atoms with Crippen LogP contribution >= 0.6 is 12.4 Å². The van der Waals surface area contributed by atoms with E-state index < -0.39 is 33.6 Å². The molecular weight excluding hydrogens is 344 g/mol. The van der Waals surface area contributed by atoms with E-state index in [1.807, 2.05) is 0 Å². The third kappa shape index (κ3) is 5.93. The molecule has 1 amide bonds. The topological polar surface area (TPSA) is 104 Å². The smallest absolute Gasteiger partial charge is 0.308 e. The molecule has 1 atom stereocenters. The Morgan fingerprint density at radius 2 is 1.78 bits per heavy atom. The molecule has 2 fully saturated rings. The van der Waals surface area contributed by atoms with Crippen LogP contribution in [0.5, 0.6) is 0 Å². The van der Waals surface area contributed by atoms with Crippen molar-refractivity contribution < 1.29 is 23.1 Å². The molecule has 0 aromatic heterocycles. The Balaban J connectivity index is 0.00000264. The first-order valence-electron chi connectivity index (χ1n) is 7.77. The van der Waals surface area contributed by atoms with Crippen molar-refractivity contribution in [2.24, 2.45) is 11.8 Å². The van der Waals surface area contributed by atoms with Crippen LogP contribution in [0.15, 0.2) is 0 Å². The van der Waals surface area contributed by atoms with E-state index in [4.69, 9.17) is 5.11 Å². The minimum absolute atomic E-state index is 0. The summed E-state index contributed by atoms with van der Waals surface area (Å²) in [6.07, 6.45) is 3.98. The Kier molecular flexibility index (Phi) is 7.29. The standard InChI is InChI=1S/C14H24N2O5S.ClH/c1-10-2-4-12(5-3-10)15-22(20,21)9-13(17)16-7-6-11(8-16)14(18)19;/h10-12,15H,2-9H2,1H3,(H,18,19);1H. The zero-order chi connectivity index (χ0) is 16.3. The van der Waals surface area contributed by atoms with Gasteiger partial charge in [-0.05, 0) is 38.0 Å². The van der Waals surface area contributed by atoms with Gasteiger partial charge in [-0.2, -0.15) is 0 Å². The number of nitrogens with zero attached hydrogens (tertiary/aromatic N) is 1. The van der Waals surface area contributed by atoms with Crippen molar-refractivity contribution in [1.29, 1.82) is 0 Å². The van der Waals surface area contributed by atoms with E-state index in [0.29, 0.717) is 18.9 Å². The lowest BCUT2D eigenvalue weighted by Gasteiger charge is -2.27. The lowest BCUT2D eigenvalue weighted by molar-refractivity contribution is -0.141. The van der Waals surface area contributed by atoms with Gasteiger partial charge >= 0.3 is 5.97 Å². The highest BCUT2D eigenvalue weighted by molar-refractivity contribution is 7.90. The quantitative estimate of drug-likeness (QED) is 0.748. The Morgan fingerprint density at radius 3 is 2.30 bits per heavy atom. The van der Waals surface area contributed by atoms with Crippen LogP contribution in [0.1, 0.15) is 39.0 Å². The van der Waals surface area contributed by atoms with Crippen LogP contribution in [-0.4, -0.2) is 55.2 Å². The summed E-state index contributed by atoms with van der Waals surface area (Å²) >= 11 is 0. The number of sulfonamides is 1. The summed E-state index contributed by atoms with van der Waals surface area (Å²) < 4.78 is 26.8. The number of rotatable bonds is 5. The Labute approximate surface area is 143 Å². The highest BCUT2D eigenvalue weighted by Gasteiger charge is 2.33. The number of halogens is 1. The second-order valence-corrected chi connectivity index (χ2v) is 8.25. The number of carboxylic acids is 1. The Morgan fingerprint density at radius 1 is 1.17 bits per heavy atom. The number of carbonyl (C=O) groups excluding carboxylic acids is 1. The number of amides is 1. The van der Waals surface area contributed by atoms with Crippen LogP contribution in [0.4, 0.5) is 0 Å². The van der Waals surface area contributed by atoms with Crippen LogP contribution in [0, 0.1) is 11.8 Å². The molecule has 2 aliphatic rings. The molecule has 1 unspecified atom stereocenters. The summed E-state index contributed by atoms with van der Waals surface area (Å²) in [6.45, 7) is 2.57. The number of hydrogen-bond acceptors (Lipinski definition) is 4. The normalized spacial score (nSPS) is 28.2. The molecular formula is C14H25ClN2O5S. The van der Waals surface area contributed by atoms with Gasteiger partial charge in [-0.1, -0.05) is 6.92 Å². The van der Waals surface area contributed by atoms with Crippen molar-refractivity contribution in [1.82, 2.24) is 9.62 Å². The first-order chi connectivity index (χ1) is 10.3. The molecule has 1 aliphatic heterocycles. The number of aliphatic carboxylic acids is 1. The average Bonchev–Trinajstić information content (AvgIpc) is 2.90. The van der Waals surface area contributed by atoms with Crippen LogP contribution in [-0.2, 0) is 19.6 Å². The maximum absolute atomic E-state index is 12.1. The van der Waals surface area contributed by atoms with Crippen molar-refractivity contribution in [3.05, 3.63) is 0 Å². The van der Waals surface area contributed by atoms with Gasteiger partial charge in [0.2, 0.25) is 15.9 Å². The molecule has 0 bridgehead atoms. The van der Waals surface area contributed by atoms with Crippen molar-refractivity contribution in [2.75, 3.05) is 18.8 Å². The number of nitrogens with one attached hydrogen (secondary N) is 1. The van der Waals surface area contributed by atoms with E-state index in [0.717, 1.165) is 25.7 Å². The maximum atomic E-state index is 12.1. The summed E-state index contributed by atoms with van der Waals surface area (Å²) in [4.78, 5) is 24.2. The zero-order valence-electron chi connectivity index (χ0n) is 13.2. The highest BCUT2D eigenvalue weighted by atomic mass is 35.5. The first kappa shape index (κ1) is 20.2. The highest BCUT2D eigenvalue weighted by Crippen LogP contribution is 2.24. The molecule has 1 saturated carbocycles. The fraction of sp³-hybridized carbons (Fsp3) is 0.857. The van der Waals surface area contributed by atoms with Gasteiger partial charge in [-0.3, -0.25) is 9.59 Å². The molecule has 134 valence electrons. The van der Waals surface area contributed by atoms with Crippen molar-refractivity contribution in [3.8, 4) is 0 Å². The molecule has 2 rings (SSSR count). The number of carboxylic acid groups (broad SMARTS) is 1. The fourth-order valence-corrected chi connectivity index (χ4v) is 4.45. The van der Waals surface area contributed by atoms with Gasteiger partial charge in [0.15, 0.2) is 0 Å². The lowest BCUT2D eigenvalue weighted by Crippen LogP contribution is -2.43. The summed E-state index contributed by atoms with van der Waals surface area (Å²) in [5, 5.41) is 8.91. The number of carbonyl (C=O) groups is 2. The molecule has 9 heteroatoms. The monoisotopic (exact) mass is 368 g/mol. The van der Waals surface area contributed by atoms with E-state index in [2.05, 4.69) is 11.6 Å². The molecule has 1 saturated heterocycles. The second kappa shape index (κ2) is 8.30. The van der Waals surface area contributed by atoms with Crippen LogP contribution < -0.4 is 4.72 Å². The summed E-state index contributed by atoms with van der Waals surface area (Å²) in [7, 11) is -3.66. The molecule has 7 nitrogen and oxygen atoms in total. The van der Waals surface area contributed by atoms with Gasteiger partial charge in [0.1, 0.15) is 5.75 Å². The fourth-order valence-electron chi connectivity index (χ4n) is 3.12. The molecule has 1 heterocycles. The predicted molar refractivity (Wildman–Crippen MR) is 87.9 cm³/mol. The average molecular weight is 369 g/mol.